The van der Waals surface area contributed by atoms with Crippen molar-refractivity contribution < 1.29 is 14.6 Å². The van der Waals surface area contributed by atoms with Crippen molar-refractivity contribution in [2.45, 2.75) is 31.3 Å². The van der Waals surface area contributed by atoms with Gasteiger partial charge in [-0.3, -0.25) is 4.90 Å². The van der Waals surface area contributed by atoms with Crippen molar-refractivity contribution >= 4 is 33.4 Å². The molecule has 0 bridgehead atoms. The van der Waals surface area contributed by atoms with Crippen LogP contribution in [0.3, 0.4) is 0 Å². The van der Waals surface area contributed by atoms with Gasteiger partial charge in [-0.1, -0.05) is 35.1 Å². The van der Waals surface area contributed by atoms with E-state index in [0.717, 1.165) is 54.4 Å². The van der Waals surface area contributed by atoms with Crippen LogP contribution in [0.15, 0.2) is 60.3 Å². The van der Waals surface area contributed by atoms with E-state index in [2.05, 4.69) is 19.9 Å². The maximum atomic E-state index is 11.0. The van der Waals surface area contributed by atoms with Crippen LogP contribution in [0.4, 0.5) is 0 Å². The number of fused-ring (bicyclic) bond motifs is 1. The Hall–Kier alpha value is -2.52. The SMILES string of the molecule is OC1(c2ccc(Cl)cc2)CCN(CCOC2=CC=C(Oc3nc4nccnc4s3)CC2)CC1. The van der Waals surface area contributed by atoms with Crippen LogP contribution in [0.5, 0.6) is 5.19 Å². The number of ether oxygens (including phenoxy) is 2. The van der Waals surface area contributed by atoms with Crippen LogP contribution in [-0.2, 0) is 10.3 Å². The molecule has 1 N–H and O–H groups in total. The minimum Gasteiger partial charge on any atom is -0.497 e. The molecule has 0 unspecified atom stereocenters. The van der Waals surface area contributed by atoms with E-state index in [1.54, 1.807) is 12.4 Å². The molecule has 1 saturated heterocycles. The first kappa shape index (κ1) is 22.3. The Kier molecular flexibility index (Phi) is 6.59. The zero-order valence-electron chi connectivity index (χ0n) is 18.1. The number of nitrogens with zero attached hydrogens (tertiary/aromatic N) is 4. The number of aliphatic hydroxyl groups is 1. The molecule has 0 atom stereocenters. The van der Waals surface area contributed by atoms with Crippen LogP contribution in [0.25, 0.3) is 10.5 Å². The van der Waals surface area contributed by atoms with Gasteiger partial charge in [-0.05, 0) is 42.7 Å². The van der Waals surface area contributed by atoms with Gasteiger partial charge in [0.05, 0.1) is 11.4 Å². The molecular formula is C24H25ClN4O3S. The predicted molar refractivity (Wildman–Crippen MR) is 128 cm³/mol. The van der Waals surface area contributed by atoms with E-state index in [-0.39, 0.29) is 0 Å². The molecule has 0 radical (unpaired) electrons. The molecule has 9 heteroatoms. The summed E-state index contributed by atoms with van der Waals surface area (Å²) < 4.78 is 11.9. The van der Waals surface area contributed by atoms with Crippen LogP contribution in [0, 0.1) is 0 Å². The third-order valence-corrected chi connectivity index (χ3v) is 7.16. The zero-order valence-corrected chi connectivity index (χ0v) is 19.7. The Balaban J connectivity index is 1.07. The predicted octanol–water partition coefficient (Wildman–Crippen LogP) is 4.68. The van der Waals surface area contributed by atoms with Crippen molar-refractivity contribution in [3.8, 4) is 5.19 Å². The molecule has 1 fully saturated rings. The lowest BCUT2D eigenvalue weighted by Crippen LogP contribution is -2.43. The van der Waals surface area contributed by atoms with Crippen molar-refractivity contribution in [2.75, 3.05) is 26.2 Å². The van der Waals surface area contributed by atoms with Crippen molar-refractivity contribution in [3.05, 3.63) is 70.9 Å². The van der Waals surface area contributed by atoms with Gasteiger partial charge in [-0.15, -0.1) is 0 Å². The fraction of sp³-hybridized carbons (Fsp3) is 0.375. The summed E-state index contributed by atoms with van der Waals surface area (Å²) in [6.45, 7) is 3.15. The van der Waals surface area contributed by atoms with Crippen LogP contribution in [-0.4, -0.2) is 51.2 Å². The number of likely N-dealkylation sites (tertiary alicyclic amines) is 1. The van der Waals surface area contributed by atoms with Crippen LogP contribution in [0.2, 0.25) is 5.02 Å². The summed E-state index contributed by atoms with van der Waals surface area (Å²) in [6, 6.07) is 7.52. The van der Waals surface area contributed by atoms with E-state index in [1.807, 2.05) is 36.4 Å². The molecule has 0 saturated carbocycles. The molecule has 1 aromatic carbocycles. The lowest BCUT2D eigenvalue weighted by Gasteiger charge is -2.38. The molecule has 172 valence electrons. The lowest BCUT2D eigenvalue weighted by molar-refractivity contribution is -0.0294. The molecule has 33 heavy (non-hydrogen) atoms. The number of hydrogen-bond donors (Lipinski definition) is 1. The van der Waals surface area contributed by atoms with E-state index < -0.39 is 5.60 Å². The largest absolute Gasteiger partial charge is 0.497 e. The molecule has 1 aliphatic heterocycles. The summed E-state index contributed by atoms with van der Waals surface area (Å²) in [5, 5.41) is 12.3. The lowest BCUT2D eigenvalue weighted by atomic mass is 9.84. The maximum Gasteiger partial charge on any atom is 0.282 e. The van der Waals surface area contributed by atoms with E-state index in [9.17, 15) is 5.11 Å². The number of rotatable bonds is 7. The second kappa shape index (κ2) is 9.77. The van der Waals surface area contributed by atoms with Gasteiger partial charge < -0.3 is 14.6 Å². The molecule has 3 heterocycles. The van der Waals surface area contributed by atoms with Crippen LogP contribution in [0.1, 0.15) is 31.2 Å². The first-order valence-corrected chi connectivity index (χ1v) is 12.3. The summed E-state index contributed by atoms with van der Waals surface area (Å²) in [7, 11) is 0. The van der Waals surface area contributed by atoms with E-state index in [4.69, 9.17) is 21.1 Å². The Morgan fingerprint density at radius 2 is 1.76 bits per heavy atom. The molecular weight excluding hydrogens is 460 g/mol. The summed E-state index contributed by atoms with van der Waals surface area (Å²) in [5.74, 6) is 1.82. The van der Waals surface area contributed by atoms with Crippen molar-refractivity contribution in [1.29, 1.82) is 0 Å². The topological polar surface area (TPSA) is 80.6 Å². The number of halogens is 1. The number of aromatic nitrogens is 3. The molecule has 1 aliphatic carbocycles. The quantitative estimate of drug-likeness (QED) is 0.521. The molecule has 0 amide bonds. The van der Waals surface area contributed by atoms with Crippen molar-refractivity contribution in [2.24, 2.45) is 0 Å². The number of benzene rings is 1. The number of piperidine rings is 1. The molecule has 2 aliphatic rings. The number of hydrogen-bond acceptors (Lipinski definition) is 8. The molecule has 3 aromatic rings. The monoisotopic (exact) mass is 484 g/mol. The van der Waals surface area contributed by atoms with E-state index in [0.29, 0.717) is 35.3 Å². The van der Waals surface area contributed by atoms with Gasteiger partial charge in [0.2, 0.25) is 0 Å². The zero-order chi connectivity index (χ0) is 22.7. The van der Waals surface area contributed by atoms with E-state index in [1.165, 1.54) is 11.3 Å². The minimum absolute atomic E-state index is 0.559. The fourth-order valence-corrected chi connectivity index (χ4v) is 5.00. The summed E-state index contributed by atoms with van der Waals surface area (Å²) in [6.07, 6.45) is 10.2. The summed E-state index contributed by atoms with van der Waals surface area (Å²) in [4.78, 5) is 15.9. The Morgan fingerprint density at radius 3 is 2.48 bits per heavy atom. The minimum atomic E-state index is -0.773. The third-order valence-electron chi connectivity index (χ3n) is 6.08. The maximum absolute atomic E-state index is 11.0. The smallest absolute Gasteiger partial charge is 0.282 e. The second-order valence-corrected chi connectivity index (χ2v) is 9.64. The number of thiazole rings is 1. The van der Waals surface area contributed by atoms with Gasteiger partial charge in [0, 0.05) is 49.9 Å². The highest BCUT2D eigenvalue weighted by Gasteiger charge is 2.33. The van der Waals surface area contributed by atoms with Gasteiger partial charge in [0.25, 0.3) is 5.19 Å². The van der Waals surface area contributed by atoms with Crippen molar-refractivity contribution in [3.63, 3.8) is 0 Å². The third kappa shape index (κ3) is 5.35. The normalized spacial score (nSPS) is 18.6. The van der Waals surface area contributed by atoms with Gasteiger partial charge in [0.1, 0.15) is 12.4 Å². The Labute approximate surface area is 201 Å². The average molecular weight is 485 g/mol. The van der Waals surface area contributed by atoms with Gasteiger partial charge in [0.15, 0.2) is 10.5 Å². The summed E-state index contributed by atoms with van der Waals surface area (Å²) >= 11 is 7.37. The molecule has 7 nitrogen and oxygen atoms in total. The molecule has 2 aromatic heterocycles. The van der Waals surface area contributed by atoms with Gasteiger partial charge >= 0.3 is 0 Å². The Bertz CT molecular complexity index is 1140. The second-order valence-electron chi connectivity index (χ2n) is 8.26. The summed E-state index contributed by atoms with van der Waals surface area (Å²) in [5.41, 5.74) is 0.779. The average Bonchev–Trinajstić information content (AvgIpc) is 3.24. The van der Waals surface area contributed by atoms with Crippen LogP contribution >= 0.6 is 22.9 Å². The first-order valence-electron chi connectivity index (χ1n) is 11.1. The molecule has 0 spiro atoms. The highest BCUT2D eigenvalue weighted by Crippen LogP contribution is 2.33. The Morgan fingerprint density at radius 1 is 1.03 bits per heavy atom. The highest BCUT2D eigenvalue weighted by molar-refractivity contribution is 7.19. The highest BCUT2D eigenvalue weighted by atomic mass is 35.5. The van der Waals surface area contributed by atoms with Crippen LogP contribution < -0.4 is 4.74 Å². The van der Waals surface area contributed by atoms with Gasteiger partial charge in [-0.25, -0.2) is 9.97 Å². The van der Waals surface area contributed by atoms with Crippen molar-refractivity contribution in [1.82, 2.24) is 19.9 Å². The first-order chi connectivity index (χ1) is 16.1. The van der Waals surface area contributed by atoms with E-state index >= 15 is 0 Å². The van der Waals surface area contributed by atoms with Gasteiger partial charge in [-0.2, -0.15) is 4.98 Å². The number of allylic oxidation sites excluding steroid dienone is 4. The molecule has 5 rings (SSSR count). The fourth-order valence-electron chi connectivity index (χ4n) is 4.12. The standard InChI is InChI=1S/C24H25ClN4O3S/c25-18-3-1-17(2-4-18)24(30)9-13-29(14-10-24)15-16-31-19-5-7-20(8-6-19)32-23-28-21-22(33-23)27-12-11-26-21/h1-5,7,11-12,30H,6,8-10,13-16H2.